The molecule has 198 valence electrons. The highest BCUT2D eigenvalue weighted by Gasteiger charge is 2.18. The molecular weight excluding hydrogens is 512 g/mol. The Kier molecular flexibility index (Phi) is 5.41. The van der Waals surface area contributed by atoms with Gasteiger partial charge in [-0.1, -0.05) is 104 Å². The highest BCUT2D eigenvalue weighted by Crippen LogP contribution is 2.35. The van der Waals surface area contributed by atoms with Crippen LogP contribution in [0.4, 0.5) is 0 Å². The second-order valence-electron chi connectivity index (χ2n) is 10.4. The van der Waals surface area contributed by atoms with Crippen molar-refractivity contribution in [2.75, 3.05) is 0 Å². The van der Waals surface area contributed by atoms with E-state index in [4.69, 9.17) is 9.97 Å². The number of pyridine rings is 1. The number of hydrogen-bond acceptors (Lipinski definition) is 2. The highest BCUT2D eigenvalue weighted by molar-refractivity contribution is 6.04. The molecular formula is C38H26N4. The third kappa shape index (κ3) is 3.55. The number of rotatable bonds is 5. The lowest BCUT2D eigenvalue weighted by atomic mass is 10.0. The predicted octanol–water partition coefficient (Wildman–Crippen LogP) is 9.60. The fourth-order valence-corrected chi connectivity index (χ4v) is 6.15. The van der Waals surface area contributed by atoms with Gasteiger partial charge in [-0.25, -0.2) is 9.97 Å². The van der Waals surface area contributed by atoms with Crippen molar-refractivity contribution < 1.29 is 0 Å². The predicted molar refractivity (Wildman–Crippen MR) is 176 cm³/mol. The molecule has 0 aliphatic heterocycles. The number of fused-ring (bicyclic) bond motifs is 6. The topological polar surface area (TPSA) is 35.1 Å². The Bertz CT molecular complexity index is 2320. The Morgan fingerprint density at radius 1 is 0.548 bits per heavy atom. The molecule has 4 nitrogen and oxygen atoms in total. The third-order valence-corrected chi connectivity index (χ3v) is 8.06. The minimum atomic E-state index is 0.920. The first-order chi connectivity index (χ1) is 20.7. The van der Waals surface area contributed by atoms with Gasteiger partial charge in [0.05, 0.1) is 27.8 Å². The zero-order chi connectivity index (χ0) is 28.2. The van der Waals surface area contributed by atoms with E-state index >= 15 is 0 Å². The number of imidazole rings is 2. The maximum Gasteiger partial charge on any atom is 0.146 e. The molecule has 5 aromatic carbocycles. The van der Waals surface area contributed by atoms with Crippen molar-refractivity contribution >= 4 is 50.6 Å². The van der Waals surface area contributed by atoms with Gasteiger partial charge in [-0.05, 0) is 59.0 Å². The van der Waals surface area contributed by atoms with Crippen molar-refractivity contribution in [2.45, 2.75) is 0 Å². The maximum absolute atomic E-state index is 5.15. The summed E-state index contributed by atoms with van der Waals surface area (Å²) < 4.78 is 4.45. The molecule has 8 aromatic rings. The van der Waals surface area contributed by atoms with Gasteiger partial charge < -0.3 is 0 Å². The van der Waals surface area contributed by atoms with Crippen molar-refractivity contribution in [3.63, 3.8) is 0 Å². The van der Waals surface area contributed by atoms with Crippen LogP contribution in [0.2, 0.25) is 0 Å². The molecule has 0 unspecified atom stereocenters. The standard InChI is InChI=1S/C38H26N4/c1-3-29-30-17-11-12-18-31(30)38-40-33-23-26(20-22-35(33)42(38)34(29)4-2)27-19-21-32-36(24-27)41(28-15-9-6-10-16-28)37(39-32)25-13-7-5-8-14-25/h3-24H,1-2H2. The van der Waals surface area contributed by atoms with Crippen LogP contribution in [-0.4, -0.2) is 18.9 Å². The van der Waals surface area contributed by atoms with E-state index in [9.17, 15) is 0 Å². The molecule has 0 fully saturated rings. The molecule has 0 saturated carbocycles. The number of hydrogen-bond donors (Lipinski definition) is 0. The molecule has 0 aliphatic carbocycles. The van der Waals surface area contributed by atoms with Crippen LogP contribution in [0, 0.1) is 0 Å². The largest absolute Gasteiger partial charge is 0.292 e. The van der Waals surface area contributed by atoms with Crippen LogP contribution in [0.25, 0.3) is 78.8 Å². The van der Waals surface area contributed by atoms with Gasteiger partial charge >= 0.3 is 0 Å². The number of aromatic nitrogens is 4. The zero-order valence-electron chi connectivity index (χ0n) is 22.9. The van der Waals surface area contributed by atoms with Crippen LogP contribution in [0.3, 0.4) is 0 Å². The van der Waals surface area contributed by atoms with E-state index in [1.165, 1.54) is 0 Å². The van der Waals surface area contributed by atoms with Crippen molar-refractivity contribution in [2.24, 2.45) is 0 Å². The van der Waals surface area contributed by atoms with Gasteiger partial charge in [0.25, 0.3) is 0 Å². The van der Waals surface area contributed by atoms with Gasteiger partial charge in [-0.15, -0.1) is 0 Å². The van der Waals surface area contributed by atoms with Crippen molar-refractivity contribution in [3.8, 4) is 28.2 Å². The summed E-state index contributed by atoms with van der Waals surface area (Å²) in [5.74, 6) is 0.923. The average molecular weight is 539 g/mol. The van der Waals surface area contributed by atoms with Crippen molar-refractivity contribution in [1.82, 2.24) is 18.9 Å². The van der Waals surface area contributed by atoms with Crippen LogP contribution in [-0.2, 0) is 0 Å². The van der Waals surface area contributed by atoms with Crippen LogP contribution >= 0.6 is 0 Å². The molecule has 0 spiro atoms. The first kappa shape index (κ1) is 24.1. The monoisotopic (exact) mass is 538 g/mol. The summed E-state index contributed by atoms with van der Waals surface area (Å²) >= 11 is 0. The van der Waals surface area contributed by atoms with Crippen LogP contribution in [0.1, 0.15) is 11.3 Å². The van der Waals surface area contributed by atoms with Crippen molar-refractivity contribution in [3.05, 3.63) is 146 Å². The van der Waals surface area contributed by atoms with E-state index in [0.717, 1.165) is 77.9 Å². The summed E-state index contributed by atoms with van der Waals surface area (Å²) in [5.41, 5.74) is 11.3. The van der Waals surface area contributed by atoms with Gasteiger partial charge in [0.15, 0.2) is 0 Å². The van der Waals surface area contributed by atoms with Gasteiger partial charge in [-0.2, -0.15) is 0 Å². The van der Waals surface area contributed by atoms with E-state index in [-0.39, 0.29) is 0 Å². The summed E-state index contributed by atoms with van der Waals surface area (Å²) in [6, 6.07) is 42.2. The number of nitrogens with zero attached hydrogens (tertiary/aromatic N) is 4. The summed E-state index contributed by atoms with van der Waals surface area (Å²) in [6.45, 7) is 8.23. The second kappa shape index (κ2) is 9.43. The van der Waals surface area contributed by atoms with Gasteiger partial charge in [-0.3, -0.25) is 8.97 Å². The quantitative estimate of drug-likeness (QED) is 0.219. The van der Waals surface area contributed by atoms with Gasteiger partial charge in [0.1, 0.15) is 11.5 Å². The first-order valence-corrected chi connectivity index (χ1v) is 14.0. The van der Waals surface area contributed by atoms with E-state index in [0.29, 0.717) is 0 Å². The molecule has 0 saturated heterocycles. The molecule has 4 heteroatoms. The minimum absolute atomic E-state index is 0.920. The summed E-state index contributed by atoms with van der Waals surface area (Å²) in [4.78, 5) is 10.2. The average Bonchev–Trinajstić information content (AvgIpc) is 3.63. The fraction of sp³-hybridized carbons (Fsp3) is 0. The molecule has 0 radical (unpaired) electrons. The Morgan fingerprint density at radius 3 is 2.00 bits per heavy atom. The Balaban J connectivity index is 1.36. The summed E-state index contributed by atoms with van der Waals surface area (Å²) in [6.07, 6.45) is 3.81. The summed E-state index contributed by atoms with van der Waals surface area (Å²) in [5, 5.41) is 2.22. The first-order valence-electron chi connectivity index (χ1n) is 14.0. The molecule has 3 aromatic heterocycles. The van der Waals surface area contributed by atoms with Gasteiger partial charge in [0.2, 0.25) is 0 Å². The Labute approximate surface area is 243 Å². The molecule has 0 aliphatic rings. The van der Waals surface area contributed by atoms with Gasteiger partial charge in [0, 0.05) is 22.2 Å². The molecule has 42 heavy (non-hydrogen) atoms. The lowest BCUT2D eigenvalue weighted by Crippen LogP contribution is -1.97. The molecule has 0 atom stereocenters. The van der Waals surface area contributed by atoms with E-state index in [1.807, 2.05) is 24.3 Å². The zero-order valence-corrected chi connectivity index (χ0v) is 22.9. The molecule has 0 amide bonds. The third-order valence-electron chi connectivity index (χ3n) is 8.06. The number of para-hydroxylation sites is 1. The Morgan fingerprint density at radius 2 is 1.24 bits per heavy atom. The second-order valence-corrected chi connectivity index (χ2v) is 10.4. The lowest BCUT2D eigenvalue weighted by molar-refractivity contribution is 1.10. The van der Waals surface area contributed by atoms with Crippen molar-refractivity contribution in [1.29, 1.82) is 0 Å². The number of benzene rings is 5. The molecule has 0 N–H and O–H groups in total. The van der Waals surface area contributed by atoms with E-state index < -0.39 is 0 Å². The highest BCUT2D eigenvalue weighted by atomic mass is 15.1. The summed E-state index contributed by atoms with van der Waals surface area (Å²) in [7, 11) is 0. The molecule has 3 heterocycles. The van der Waals surface area contributed by atoms with Crippen LogP contribution < -0.4 is 0 Å². The van der Waals surface area contributed by atoms with E-state index in [1.54, 1.807) is 0 Å². The lowest BCUT2D eigenvalue weighted by Gasteiger charge is -2.11. The SMILES string of the molecule is C=Cc1c(C=C)n2c3ccc(-c4ccc5nc(-c6ccccc6)n(-c6ccccc6)c5c4)cc3nc2c2ccccc12. The van der Waals surface area contributed by atoms with E-state index in [2.05, 4.69) is 131 Å². The molecule has 8 rings (SSSR count). The normalized spacial score (nSPS) is 11.5. The Hall–Kier alpha value is -5.74. The molecule has 0 bridgehead atoms. The fourth-order valence-electron chi connectivity index (χ4n) is 6.15. The van der Waals surface area contributed by atoms with Crippen LogP contribution in [0.5, 0.6) is 0 Å². The van der Waals surface area contributed by atoms with Crippen LogP contribution in [0.15, 0.2) is 134 Å². The smallest absolute Gasteiger partial charge is 0.146 e. The maximum atomic E-state index is 5.15. The minimum Gasteiger partial charge on any atom is -0.292 e.